The molecule has 1 nitrogen and oxygen atoms in total. The molecular formula is C18H18F3N. The van der Waals surface area contributed by atoms with Gasteiger partial charge in [0.15, 0.2) is 0 Å². The fourth-order valence-electron chi connectivity index (χ4n) is 2.31. The van der Waals surface area contributed by atoms with E-state index in [0.29, 0.717) is 16.8 Å². The van der Waals surface area contributed by atoms with E-state index in [1.165, 1.54) is 12.1 Å². The molecule has 0 heterocycles. The molecule has 0 atom stereocenters. The Morgan fingerprint density at radius 2 is 1.32 bits per heavy atom. The molecule has 0 saturated carbocycles. The van der Waals surface area contributed by atoms with E-state index < -0.39 is 17.2 Å². The van der Waals surface area contributed by atoms with Crippen molar-refractivity contribution >= 4 is 5.71 Å². The number of nitrogens with one attached hydrogen (secondary N) is 1. The van der Waals surface area contributed by atoms with Crippen molar-refractivity contribution in [3.8, 4) is 11.1 Å². The smallest absolute Gasteiger partial charge is 0.304 e. The molecular weight excluding hydrogens is 287 g/mol. The standard InChI is InChI=1S/C18H18F3N/c1-17(2,3)16(22)14-10-5-4-8-12(14)13-9-6-7-11-15(13)18(19,20)21/h4-11,22H,1-3H3. The van der Waals surface area contributed by atoms with Crippen LogP contribution in [-0.2, 0) is 6.18 Å². The fraction of sp³-hybridized carbons (Fsp3) is 0.278. The van der Waals surface area contributed by atoms with Crippen molar-refractivity contribution < 1.29 is 13.2 Å². The number of hydrogen-bond donors (Lipinski definition) is 1. The second-order valence-corrected chi connectivity index (χ2v) is 6.21. The summed E-state index contributed by atoms with van der Waals surface area (Å²) in [7, 11) is 0. The van der Waals surface area contributed by atoms with Crippen LogP contribution in [0.1, 0.15) is 31.9 Å². The van der Waals surface area contributed by atoms with Gasteiger partial charge >= 0.3 is 6.18 Å². The summed E-state index contributed by atoms with van der Waals surface area (Å²) in [5, 5.41) is 8.32. The molecule has 2 aromatic carbocycles. The molecule has 0 bridgehead atoms. The second-order valence-electron chi connectivity index (χ2n) is 6.21. The van der Waals surface area contributed by atoms with Crippen LogP contribution in [0.3, 0.4) is 0 Å². The first-order valence-electron chi connectivity index (χ1n) is 6.97. The average Bonchev–Trinajstić information content (AvgIpc) is 2.44. The largest absolute Gasteiger partial charge is 0.417 e. The number of halogens is 3. The summed E-state index contributed by atoms with van der Waals surface area (Å²) in [4.78, 5) is 0. The Balaban J connectivity index is 2.69. The lowest BCUT2D eigenvalue weighted by Crippen LogP contribution is -2.21. The van der Waals surface area contributed by atoms with Gasteiger partial charge in [-0.3, -0.25) is 0 Å². The van der Waals surface area contributed by atoms with Crippen LogP contribution in [0.5, 0.6) is 0 Å². The molecule has 0 aliphatic heterocycles. The first-order chi connectivity index (χ1) is 10.1. The van der Waals surface area contributed by atoms with Gasteiger partial charge in [-0.15, -0.1) is 0 Å². The molecule has 22 heavy (non-hydrogen) atoms. The molecule has 0 aromatic heterocycles. The highest BCUT2D eigenvalue weighted by atomic mass is 19.4. The van der Waals surface area contributed by atoms with Crippen LogP contribution < -0.4 is 0 Å². The predicted octanol–water partition coefficient (Wildman–Crippen LogP) is 5.79. The minimum Gasteiger partial charge on any atom is -0.304 e. The van der Waals surface area contributed by atoms with E-state index in [9.17, 15) is 13.2 Å². The minimum absolute atomic E-state index is 0.111. The summed E-state index contributed by atoms with van der Waals surface area (Å²) in [5.74, 6) is 0. The first-order valence-corrected chi connectivity index (χ1v) is 6.97. The highest BCUT2D eigenvalue weighted by molar-refractivity contribution is 6.07. The highest BCUT2D eigenvalue weighted by Gasteiger charge is 2.34. The molecule has 116 valence electrons. The van der Waals surface area contributed by atoms with Crippen LogP contribution in [0.4, 0.5) is 13.2 Å². The lowest BCUT2D eigenvalue weighted by Gasteiger charge is -2.23. The maximum absolute atomic E-state index is 13.2. The third-order valence-corrected chi connectivity index (χ3v) is 3.47. The Morgan fingerprint density at radius 3 is 1.86 bits per heavy atom. The number of benzene rings is 2. The Bertz CT molecular complexity index is 694. The third-order valence-electron chi connectivity index (χ3n) is 3.47. The Labute approximate surface area is 128 Å². The van der Waals surface area contributed by atoms with E-state index in [1.54, 1.807) is 30.3 Å². The average molecular weight is 305 g/mol. The molecule has 2 rings (SSSR count). The number of hydrogen-bond acceptors (Lipinski definition) is 1. The highest BCUT2D eigenvalue weighted by Crippen LogP contribution is 2.39. The molecule has 0 saturated heterocycles. The van der Waals surface area contributed by atoms with Gasteiger partial charge in [0.1, 0.15) is 0 Å². The molecule has 0 fully saturated rings. The zero-order chi connectivity index (χ0) is 16.5. The summed E-state index contributed by atoms with van der Waals surface area (Å²) >= 11 is 0. The number of alkyl halides is 3. The van der Waals surface area contributed by atoms with Crippen LogP contribution in [0, 0.1) is 10.8 Å². The summed E-state index contributed by atoms with van der Waals surface area (Å²) in [6, 6.07) is 12.3. The van der Waals surface area contributed by atoms with Gasteiger partial charge in [-0.05, 0) is 17.2 Å². The maximum atomic E-state index is 13.2. The molecule has 0 amide bonds. The molecule has 4 heteroatoms. The van der Waals surface area contributed by atoms with Crippen molar-refractivity contribution in [1.29, 1.82) is 5.41 Å². The van der Waals surface area contributed by atoms with Crippen LogP contribution in [0.25, 0.3) is 11.1 Å². The SMILES string of the molecule is CC(C)(C)C(=N)c1ccccc1-c1ccccc1C(F)(F)F. The Morgan fingerprint density at radius 1 is 0.818 bits per heavy atom. The van der Waals surface area contributed by atoms with Crippen molar-refractivity contribution in [3.63, 3.8) is 0 Å². The van der Waals surface area contributed by atoms with Crippen molar-refractivity contribution in [3.05, 3.63) is 59.7 Å². The van der Waals surface area contributed by atoms with Gasteiger partial charge in [-0.2, -0.15) is 13.2 Å². The zero-order valence-corrected chi connectivity index (χ0v) is 12.8. The minimum atomic E-state index is -4.42. The van der Waals surface area contributed by atoms with E-state index in [2.05, 4.69) is 0 Å². The summed E-state index contributed by atoms with van der Waals surface area (Å²) in [6.07, 6.45) is -4.42. The summed E-state index contributed by atoms with van der Waals surface area (Å²) in [5.41, 5.74) is 0.286. The maximum Gasteiger partial charge on any atom is 0.417 e. The zero-order valence-electron chi connectivity index (χ0n) is 12.8. The Kier molecular flexibility index (Phi) is 4.14. The number of rotatable bonds is 2. The van der Waals surface area contributed by atoms with Crippen LogP contribution in [0.2, 0.25) is 0 Å². The fourth-order valence-corrected chi connectivity index (χ4v) is 2.31. The van der Waals surface area contributed by atoms with Crippen LogP contribution in [-0.4, -0.2) is 5.71 Å². The predicted molar refractivity (Wildman–Crippen MR) is 83.2 cm³/mol. The van der Waals surface area contributed by atoms with Crippen molar-refractivity contribution in [2.24, 2.45) is 5.41 Å². The van der Waals surface area contributed by atoms with E-state index >= 15 is 0 Å². The molecule has 0 radical (unpaired) electrons. The van der Waals surface area contributed by atoms with Crippen LogP contribution in [0.15, 0.2) is 48.5 Å². The van der Waals surface area contributed by atoms with Gasteiger partial charge in [-0.1, -0.05) is 63.2 Å². The molecule has 0 spiro atoms. The lowest BCUT2D eigenvalue weighted by molar-refractivity contribution is -0.137. The van der Waals surface area contributed by atoms with E-state index in [-0.39, 0.29) is 5.56 Å². The van der Waals surface area contributed by atoms with E-state index in [1.807, 2.05) is 20.8 Å². The molecule has 0 aliphatic rings. The summed E-state index contributed by atoms with van der Waals surface area (Å²) < 4.78 is 39.7. The monoisotopic (exact) mass is 305 g/mol. The topological polar surface area (TPSA) is 23.9 Å². The van der Waals surface area contributed by atoms with Crippen molar-refractivity contribution in [2.75, 3.05) is 0 Å². The second kappa shape index (κ2) is 5.59. The van der Waals surface area contributed by atoms with Gasteiger partial charge < -0.3 is 5.41 Å². The molecule has 2 aromatic rings. The van der Waals surface area contributed by atoms with Gasteiger partial charge in [0, 0.05) is 16.7 Å². The van der Waals surface area contributed by atoms with Gasteiger partial charge in [0.2, 0.25) is 0 Å². The first kappa shape index (κ1) is 16.3. The van der Waals surface area contributed by atoms with Crippen molar-refractivity contribution in [2.45, 2.75) is 26.9 Å². The normalized spacial score (nSPS) is 12.3. The van der Waals surface area contributed by atoms with E-state index in [4.69, 9.17) is 5.41 Å². The lowest BCUT2D eigenvalue weighted by atomic mass is 9.82. The van der Waals surface area contributed by atoms with Crippen molar-refractivity contribution in [1.82, 2.24) is 0 Å². The van der Waals surface area contributed by atoms with Gasteiger partial charge in [0.25, 0.3) is 0 Å². The van der Waals surface area contributed by atoms with Gasteiger partial charge in [-0.25, -0.2) is 0 Å². The molecule has 1 N–H and O–H groups in total. The summed E-state index contributed by atoms with van der Waals surface area (Å²) in [6.45, 7) is 5.63. The Hall–Kier alpha value is -2.10. The molecule has 0 unspecified atom stereocenters. The van der Waals surface area contributed by atoms with Gasteiger partial charge in [0.05, 0.1) is 5.56 Å². The quantitative estimate of drug-likeness (QED) is 0.679. The molecule has 0 aliphatic carbocycles. The van der Waals surface area contributed by atoms with E-state index in [0.717, 1.165) is 6.07 Å². The van der Waals surface area contributed by atoms with Crippen LogP contribution >= 0.6 is 0 Å². The third kappa shape index (κ3) is 3.21.